The zero-order chi connectivity index (χ0) is 13.3. The van der Waals surface area contributed by atoms with Crippen LogP contribution >= 0.6 is 0 Å². The van der Waals surface area contributed by atoms with Crippen LogP contribution < -0.4 is 0 Å². The molecule has 1 atom stereocenters. The molecule has 0 bridgehead atoms. The van der Waals surface area contributed by atoms with Crippen LogP contribution in [0.25, 0.3) is 0 Å². The van der Waals surface area contributed by atoms with Crippen molar-refractivity contribution in [1.29, 1.82) is 0 Å². The average molecular weight is 253 g/mol. The van der Waals surface area contributed by atoms with Crippen molar-refractivity contribution < 1.29 is 19.4 Å². The standard InChI is InChI=1S/C13H16FNO3/c1-9-6-10(2-3-11(9)14)12(17)15-5-4-13(18,7-15)8-16/h2-3,6,16,18H,4-5,7-8H2,1H3/t13-/m1/s1. The first kappa shape index (κ1) is 13.0. The molecule has 1 amide bonds. The van der Waals surface area contributed by atoms with Gasteiger partial charge in [0.05, 0.1) is 13.2 Å². The number of aryl methyl sites for hydroxylation is 1. The fraction of sp³-hybridized carbons (Fsp3) is 0.462. The van der Waals surface area contributed by atoms with E-state index in [9.17, 15) is 14.3 Å². The van der Waals surface area contributed by atoms with E-state index in [-0.39, 0.29) is 24.9 Å². The molecule has 1 heterocycles. The molecule has 0 aromatic heterocycles. The highest BCUT2D eigenvalue weighted by molar-refractivity contribution is 5.94. The predicted octanol–water partition coefficient (Wildman–Crippen LogP) is 0.703. The van der Waals surface area contributed by atoms with Crippen molar-refractivity contribution in [3.05, 3.63) is 35.1 Å². The van der Waals surface area contributed by atoms with Crippen molar-refractivity contribution in [2.75, 3.05) is 19.7 Å². The number of rotatable bonds is 2. The summed E-state index contributed by atoms with van der Waals surface area (Å²) in [5.74, 6) is -0.595. The smallest absolute Gasteiger partial charge is 0.253 e. The molecule has 0 saturated carbocycles. The van der Waals surface area contributed by atoms with E-state index in [0.29, 0.717) is 24.1 Å². The molecule has 1 aromatic carbocycles. The van der Waals surface area contributed by atoms with Gasteiger partial charge in [0.15, 0.2) is 0 Å². The number of halogens is 1. The van der Waals surface area contributed by atoms with E-state index in [1.54, 1.807) is 6.92 Å². The predicted molar refractivity (Wildman–Crippen MR) is 63.7 cm³/mol. The van der Waals surface area contributed by atoms with Gasteiger partial charge in [-0.1, -0.05) is 0 Å². The third-order valence-corrected chi connectivity index (χ3v) is 3.32. The van der Waals surface area contributed by atoms with Gasteiger partial charge in [0.2, 0.25) is 0 Å². The molecule has 0 radical (unpaired) electrons. The molecule has 1 aliphatic rings. The number of aliphatic hydroxyl groups is 2. The van der Waals surface area contributed by atoms with E-state index >= 15 is 0 Å². The fourth-order valence-corrected chi connectivity index (χ4v) is 2.12. The maximum Gasteiger partial charge on any atom is 0.253 e. The van der Waals surface area contributed by atoms with Gasteiger partial charge < -0.3 is 15.1 Å². The van der Waals surface area contributed by atoms with Crippen LogP contribution in [-0.2, 0) is 0 Å². The topological polar surface area (TPSA) is 60.8 Å². The Balaban J connectivity index is 2.15. The first-order chi connectivity index (χ1) is 8.45. The molecule has 0 spiro atoms. The molecule has 0 aliphatic carbocycles. The monoisotopic (exact) mass is 253 g/mol. The minimum Gasteiger partial charge on any atom is -0.393 e. The summed E-state index contributed by atoms with van der Waals surface area (Å²) >= 11 is 0. The lowest BCUT2D eigenvalue weighted by Crippen LogP contribution is -2.38. The number of carbonyl (C=O) groups is 1. The second kappa shape index (κ2) is 4.66. The maximum atomic E-state index is 13.1. The zero-order valence-corrected chi connectivity index (χ0v) is 10.2. The van der Waals surface area contributed by atoms with Crippen LogP contribution in [-0.4, -0.2) is 46.3 Å². The van der Waals surface area contributed by atoms with Crippen molar-refractivity contribution in [2.45, 2.75) is 18.9 Å². The lowest BCUT2D eigenvalue weighted by atomic mass is 10.1. The Hall–Kier alpha value is -1.46. The molecule has 1 aromatic rings. The Bertz CT molecular complexity index is 477. The van der Waals surface area contributed by atoms with Gasteiger partial charge in [-0.2, -0.15) is 0 Å². The fourth-order valence-electron chi connectivity index (χ4n) is 2.12. The highest BCUT2D eigenvalue weighted by Crippen LogP contribution is 2.22. The zero-order valence-electron chi connectivity index (χ0n) is 10.2. The normalized spacial score (nSPS) is 23.4. The molecule has 0 unspecified atom stereocenters. The van der Waals surface area contributed by atoms with Crippen molar-refractivity contribution in [3.8, 4) is 0 Å². The number of benzene rings is 1. The molecule has 98 valence electrons. The van der Waals surface area contributed by atoms with E-state index < -0.39 is 5.60 Å². The maximum absolute atomic E-state index is 13.1. The van der Waals surface area contributed by atoms with Crippen LogP contribution in [0.2, 0.25) is 0 Å². The Labute approximate surface area is 105 Å². The molecule has 1 aliphatic heterocycles. The summed E-state index contributed by atoms with van der Waals surface area (Å²) in [4.78, 5) is 13.6. The summed E-state index contributed by atoms with van der Waals surface area (Å²) in [5.41, 5.74) is -0.390. The second-order valence-electron chi connectivity index (χ2n) is 4.82. The van der Waals surface area contributed by atoms with Crippen molar-refractivity contribution >= 4 is 5.91 Å². The summed E-state index contributed by atoms with van der Waals surface area (Å²) in [7, 11) is 0. The summed E-state index contributed by atoms with van der Waals surface area (Å²) in [6.45, 7) is 1.74. The van der Waals surface area contributed by atoms with Gasteiger partial charge in [0.25, 0.3) is 5.91 Å². The summed E-state index contributed by atoms with van der Waals surface area (Å²) in [5, 5.41) is 18.9. The highest BCUT2D eigenvalue weighted by Gasteiger charge is 2.37. The molecular formula is C13H16FNO3. The third kappa shape index (κ3) is 2.37. The number of carbonyl (C=O) groups excluding carboxylic acids is 1. The SMILES string of the molecule is Cc1cc(C(=O)N2CC[C@](O)(CO)C2)ccc1F. The van der Waals surface area contributed by atoms with Crippen LogP contribution in [0.4, 0.5) is 4.39 Å². The van der Waals surface area contributed by atoms with Crippen LogP contribution in [0, 0.1) is 12.7 Å². The van der Waals surface area contributed by atoms with Gasteiger partial charge in [0, 0.05) is 12.1 Å². The molecule has 2 N–H and O–H groups in total. The molecule has 2 rings (SSSR count). The lowest BCUT2D eigenvalue weighted by molar-refractivity contribution is -0.00455. The van der Waals surface area contributed by atoms with Gasteiger partial charge in [-0.3, -0.25) is 4.79 Å². The summed E-state index contributed by atoms with van der Waals surface area (Å²) in [6.07, 6.45) is 0.357. The van der Waals surface area contributed by atoms with E-state index in [1.165, 1.54) is 23.1 Å². The van der Waals surface area contributed by atoms with Crippen molar-refractivity contribution in [3.63, 3.8) is 0 Å². The molecule has 1 fully saturated rings. The Morgan fingerprint density at radius 1 is 1.56 bits per heavy atom. The number of hydrogen-bond donors (Lipinski definition) is 2. The number of aliphatic hydroxyl groups excluding tert-OH is 1. The Morgan fingerprint density at radius 2 is 2.28 bits per heavy atom. The average Bonchev–Trinajstić information content (AvgIpc) is 2.75. The van der Waals surface area contributed by atoms with E-state index in [0.717, 1.165) is 0 Å². The molecular weight excluding hydrogens is 237 g/mol. The number of nitrogens with zero attached hydrogens (tertiary/aromatic N) is 1. The Kier molecular flexibility index (Phi) is 3.36. The number of amides is 1. The summed E-state index contributed by atoms with van der Waals surface area (Å²) < 4.78 is 13.1. The molecule has 5 heteroatoms. The van der Waals surface area contributed by atoms with Gasteiger partial charge >= 0.3 is 0 Å². The lowest BCUT2D eigenvalue weighted by Gasteiger charge is -2.21. The van der Waals surface area contributed by atoms with Crippen LogP contribution in [0.5, 0.6) is 0 Å². The van der Waals surface area contributed by atoms with E-state index in [4.69, 9.17) is 5.11 Å². The van der Waals surface area contributed by atoms with Crippen LogP contribution in [0.1, 0.15) is 22.3 Å². The van der Waals surface area contributed by atoms with Gasteiger partial charge in [-0.25, -0.2) is 4.39 Å². The van der Waals surface area contributed by atoms with Crippen molar-refractivity contribution in [1.82, 2.24) is 4.90 Å². The first-order valence-corrected chi connectivity index (χ1v) is 5.84. The molecule has 4 nitrogen and oxygen atoms in total. The number of likely N-dealkylation sites (tertiary alicyclic amines) is 1. The second-order valence-corrected chi connectivity index (χ2v) is 4.82. The highest BCUT2D eigenvalue weighted by atomic mass is 19.1. The van der Waals surface area contributed by atoms with Gasteiger partial charge in [-0.15, -0.1) is 0 Å². The number of β-amino-alcohol motifs (C(OH)–C–C–N with tert-alkyl or cyclic N) is 1. The number of hydrogen-bond acceptors (Lipinski definition) is 3. The van der Waals surface area contributed by atoms with Gasteiger partial charge in [0.1, 0.15) is 11.4 Å². The van der Waals surface area contributed by atoms with Crippen molar-refractivity contribution in [2.24, 2.45) is 0 Å². The Morgan fingerprint density at radius 3 is 2.83 bits per heavy atom. The summed E-state index contributed by atoms with van der Waals surface area (Å²) in [6, 6.07) is 4.19. The van der Waals surface area contributed by atoms with Gasteiger partial charge in [-0.05, 0) is 37.1 Å². The minimum atomic E-state index is -1.20. The van der Waals surface area contributed by atoms with Crippen LogP contribution in [0.3, 0.4) is 0 Å². The molecule has 18 heavy (non-hydrogen) atoms. The van der Waals surface area contributed by atoms with E-state index in [2.05, 4.69) is 0 Å². The molecule has 1 saturated heterocycles. The van der Waals surface area contributed by atoms with E-state index in [1.807, 2.05) is 0 Å². The minimum absolute atomic E-state index is 0.110. The largest absolute Gasteiger partial charge is 0.393 e. The third-order valence-electron chi connectivity index (χ3n) is 3.32. The first-order valence-electron chi connectivity index (χ1n) is 5.84. The van der Waals surface area contributed by atoms with Crippen LogP contribution in [0.15, 0.2) is 18.2 Å². The quantitative estimate of drug-likeness (QED) is 0.815.